The average Bonchev–Trinajstić information content (AvgIpc) is 2.71. The van der Waals surface area contributed by atoms with Crippen LogP contribution in [0.25, 0.3) is 0 Å². The van der Waals surface area contributed by atoms with Crippen molar-refractivity contribution in [1.82, 2.24) is 25.1 Å². The van der Waals surface area contributed by atoms with E-state index in [1.54, 1.807) is 6.20 Å². The van der Waals surface area contributed by atoms with E-state index in [2.05, 4.69) is 30.5 Å². The standard InChI is InChI=1S/C8H9ClN6/c9-6-3-10-4-8(14-6)11-2-1-7-12-5-13-15-7/h3-5H,1-2H2,(H,11,14)(H,12,13,15). The van der Waals surface area contributed by atoms with Crippen LogP contribution >= 0.6 is 11.6 Å². The molecule has 2 aromatic rings. The number of hydrogen-bond acceptors (Lipinski definition) is 5. The number of anilines is 1. The van der Waals surface area contributed by atoms with Gasteiger partial charge in [-0.15, -0.1) is 0 Å². The van der Waals surface area contributed by atoms with Crippen molar-refractivity contribution in [2.24, 2.45) is 0 Å². The van der Waals surface area contributed by atoms with Gasteiger partial charge in [-0.05, 0) is 0 Å². The van der Waals surface area contributed by atoms with E-state index in [9.17, 15) is 0 Å². The molecular formula is C8H9ClN6. The third-order valence-corrected chi connectivity index (χ3v) is 1.92. The fourth-order valence-corrected chi connectivity index (χ4v) is 1.23. The Hall–Kier alpha value is -1.69. The summed E-state index contributed by atoms with van der Waals surface area (Å²) in [5, 5.41) is 9.97. The van der Waals surface area contributed by atoms with Gasteiger partial charge in [0.25, 0.3) is 0 Å². The van der Waals surface area contributed by atoms with Crippen LogP contribution in [-0.2, 0) is 6.42 Å². The van der Waals surface area contributed by atoms with Crippen molar-refractivity contribution in [2.75, 3.05) is 11.9 Å². The summed E-state index contributed by atoms with van der Waals surface area (Å²) in [5.41, 5.74) is 0. The van der Waals surface area contributed by atoms with Gasteiger partial charge in [-0.25, -0.2) is 9.97 Å². The summed E-state index contributed by atoms with van der Waals surface area (Å²) in [6.07, 6.45) is 5.33. The summed E-state index contributed by atoms with van der Waals surface area (Å²) in [5.74, 6) is 1.49. The monoisotopic (exact) mass is 224 g/mol. The summed E-state index contributed by atoms with van der Waals surface area (Å²) >= 11 is 5.68. The Labute approximate surface area is 91.1 Å². The molecule has 0 atom stereocenters. The van der Waals surface area contributed by atoms with Gasteiger partial charge in [0.2, 0.25) is 0 Å². The average molecular weight is 225 g/mol. The van der Waals surface area contributed by atoms with Crippen molar-refractivity contribution in [3.05, 3.63) is 29.7 Å². The lowest BCUT2D eigenvalue weighted by molar-refractivity contribution is 0.895. The quantitative estimate of drug-likeness (QED) is 0.807. The molecule has 0 amide bonds. The molecule has 78 valence electrons. The second kappa shape index (κ2) is 4.70. The minimum absolute atomic E-state index is 0.375. The van der Waals surface area contributed by atoms with Crippen LogP contribution in [0.4, 0.5) is 5.82 Å². The van der Waals surface area contributed by atoms with Crippen molar-refractivity contribution in [3.63, 3.8) is 0 Å². The highest BCUT2D eigenvalue weighted by molar-refractivity contribution is 6.29. The minimum Gasteiger partial charge on any atom is -0.368 e. The van der Waals surface area contributed by atoms with Crippen LogP contribution in [0.15, 0.2) is 18.7 Å². The van der Waals surface area contributed by atoms with E-state index in [0.717, 1.165) is 12.2 Å². The van der Waals surface area contributed by atoms with Gasteiger partial charge < -0.3 is 5.32 Å². The van der Waals surface area contributed by atoms with E-state index in [4.69, 9.17) is 11.6 Å². The van der Waals surface area contributed by atoms with Crippen molar-refractivity contribution < 1.29 is 0 Å². The minimum atomic E-state index is 0.375. The lowest BCUT2D eigenvalue weighted by atomic mass is 10.4. The van der Waals surface area contributed by atoms with E-state index >= 15 is 0 Å². The number of H-pyrrole nitrogens is 1. The van der Waals surface area contributed by atoms with Crippen LogP contribution in [0.2, 0.25) is 5.15 Å². The number of aromatic amines is 1. The molecule has 2 aromatic heterocycles. The number of rotatable bonds is 4. The molecule has 2 N–H and O–H groups in total. The second-order valence-corrected chi connectivity index (χ2v) is 3.22. The van der Waals surface area contributed by atoms with E-state index in [-0.39, 0.29) is 0 Å². The third-order valence-electron chi connectivity index (χ3n) is 1.74. The van der Waals surface area contributed by atoms with E-state index in [1.807, 2.05) is 0 Å². The Morgan fingerprint density at radius 2 is 2.33 bits per heavy atom. The Morgan fingerprint density at radius 3 is 3.07 bits per heavy atom. The van der Waals surface area contributed by atoms with Crippen LogP contribution in [0, 0.1) is 0 Å². The molecule has 15 heavy (non-hydrogen) atoms. The maximum absolute atomic E-state index is 5.68. The topological polar surface area (TPSA) is 79.4 Å². The molecule has 0 fully saturated rings. The zero-order valence-electron chi connectivity index (χ0n) is 7.81. The summed E-state index contributed by atoms with van der Waals surface area (Å²) in [6, 6.07) is 0. The molecule has 2 rings (SSSR count). The molecule has 2 heterocycles. The van der Waals surface area contributed by atoms with Gasteiger partial charge in [-0.3, -0.25) is 10.1 Å². The fraction of sp³-hybridized carbons (Fsp3) is 0.250. The van der Waals surface area contributed by atoms with E-state index in [1.165, 1.54) is 12.5 Å². The zero-order chi connectivity index (χ0) is 10.5. The van der Waals surface area contributed by atoms with Gasteiger partial charge in [0.1, 0.15) is 23.1 Å². The van der Waals surface area contributed by atoms with Crippen LogP contribution in [0.5, 0.6) is 0 Å². The maximum Gasteiger partial charge on any atom is 0.149 e. The van der Waals surface area contributed by atoms with E-state index in [0.29, 0.717) is 17.5 Å². The molecule has 0 aliphatic carbocycles. The molecular weight excluding hydrogens is 216 g/mol. The predicted octanol–water partition coefficient (Wildman–Crippen LogP) is 0.903. The number of hydrogen-bond donors (Lipinski definition) is 2. The molecule has 0 bridgehead atoms. The van der Waals surface area contributed by atoms with Gasteiger partial charge >= 0.3 is 0 Å². The Bertz CT molecular complexity index is 415. The molecule has 0 saturated heterocycles. The zero-order valence-corrected chi connectivity index (χ0v) is 8.57. The first-order chi connectivity index (χ1) is 7.34. The van der Waals surface area contributed by atoms with Gasteiger partial charge in [0.05, 0.1) is 12.4 Å². The van der Waals surface area contributed by atoms with Gasteiger partial charge in [0, 0.05) is 13.0 Å². The lowest BCUT2D eigenvalue weighted by Crippen LogP contribution is -2.07. The normalized spacial score (nSPS) is 10.2. The number of nitrogens with one attached hydrogen (secondary N) is 2. The maximum atomic E-state index is 5.68. The van der Waals surface area contributed by atoms with Crippen LogP contribution in [-0.4, -0.2) is 31.7 Å². The molecule has 7 heteroatoms. The molecule has 0 aliphatic heterocycles. The Balaban J connectivity index is 1.83. The van der Waals surface area contributed by atoms with Crippen LogP contribution in [0.3, 0.4) is 0 Å². The molecule has 0 aromatic carbocycles. The predicted molar refractivity (Wildman–Crippen MR) is 55.6 cm³/mol. The summed E-state index contributed by atoms with van der Waals surface area (Å²) in [6.45, 7) is 0.699. The van der Waals surface area contributed by atoms with Gasteiger partial charge in [-0.1, -0.05) is 11.6 Å². The summed E-state index contributed by atoms with van der Waals surface area (Å²) in [7, 11) is 0. The van der Waals surface area contributed by atoms with E-state index < -0.39 is 0 Å². The number of nitrogens with zero attached hydrogens (tertiary/aromatic N) is 4. The lowest BCUT2D eigenvalue weighted by Gasteiger charge is -2.02. The highest BCUT2D eigenvalue weighted by Crippen LogP contribution is 2.06. The molecule has 0 saturated carbocycles. The number of aromatic nitrogens is 5. The van der Waals surface area contributed by atoms with Crippen LogP contribution in [0.1, 0.15) is 5.82 Å². The largest absolute Gasteiger partial charge is 0.368 e. The van der Waals surface area contributed by atoms with Crippen molar-refractivity contribution in [2.45, 2.75) is 6.42 Å². The molecule has 0 spiro atoms. The van der Waals surface area contributed by atoms with Crippen molar-refractivity contribution in [1.29, 1.82) is 0 Å². The summed E-state index contributed by atoms with van der Waals surface area (Å²) < 4.78 is 0. The third kappa shape index (κ3) is 2.88. The first kappa shape index (κ1) is 9.85. The van der Waals surface area contributed by atoms with Crippen LogP contribution < -0.4 is 5.32 Å². The Morgan fingerprint density at radius 1 is 1.40 bits per heavy atom. The molecule has 0 aliphatic rings. The first-order valence-electron chi connectivity index (χ1n) is 4.40. The first-order valence-corrected chi connectivity index (χ1v) is 4.78. The van der Waals surface area contributed by atoms with Crippen molar-refractivity contribution in [3.8, 4) is 0 Å². The highest BCUT2D eigenvalue weighted by Gasteiger charge is 1.97. The second-order valence-electron chi connectivity index (χ2n) is 2.84. The molecule has 6 nitrogen and oxygen atoms in total. The van der Waals surface area contributed by atoms with Gasteiger partial charge in [0.15, 0.2) is 0 Å². The smallest absolute Gasteiger partial charge is 0.149 e. The molecule has 0 unspecified atom stereocenters. The Kier molecular flexibility index (Phi) is 3.08. The van der Waals surface area contributed by atoms with Gasteiger partial charge in [-0.2, -0.15) is 5.10 Å². The summed E-state index contributed by atoms with van der Waals surface area (Å²) in [4.78, 5) is 11.9. The molecule has 0 radical (unpaired) electrons. The SMILES string of the molecule is Clc1cncc(NCCc2ncn[nH]2)n1. The van der Waals surface area contributed by atoms with Crippen molar-refractivity contribution >= 4 is 17.4 Å². The number of halogens is 1. The fourth-order valence-electron chi connectivity index (χ4n) is 1.09. The highest BCUT2D eigenvalue weighted by atomic mass is 35.5.